The standard InChI is InChI=1S/C17H15N/c1-2-8-14-15-11-10-12-6-4-5-7-13(12)17(15)18-16(14)9-3-1/h1-9,14-15H,10-11H2. The van der Waals surface area contributed by atoms with Crippen LogP contribution in [0.1, 0.15) is 17.5 Å². The minimum Gasteiger partial charge on any atom is -0.256 e. The van der Waals surface area contributed by atoms with Crippen molar-refractivity contribution in [2.45, 2.75) is 12.8 Å². The van der Waals surface area contributed by atoms with E-state index >= 15 is 0 Å². The quantitative estimate of drug-likeness (QED) is 0.648. The second kappa shape index (κ2) is 3.81. The fourth-order valence-electron chi connectivity index (χ4n) is 3.33. The van der Waals surface area contributed by atoms with Gasteiger partial charge in [-0.25, -0.2) is 0 Å². The van der Waals surface area contributed by atoms with Crippen LogP contribution in [-0.2, 0) is 6.42 Å². The maximum atomic E-state index is 4.91. The highest BCUT2D eigenvalue weighted by Crippen LogP contribution is 2.41. The largest absolute Gasteiger partial charge is 0.256 e. The Labute approximate surface area is 107 Å². The summed E-state index contributed by atoms with van der Waals surface area (Å²) in [6.07, 6.45) is 13.2. The summed E-state index contributed by atoms with van der Waals surface area (Å²) in [5, 5.41) is 0. The molecule has 0 saturated heterocycles. The Bertz CT molecular complexity index is 616. The summed E-state index contributed by atoms with van der Waals surface area (Å²) in [6.45, 7) is 0. The molecular formula is C17H15N. The van der Waals surface area contributed by atoms with Gasteiger partial charge in [-0.2, -0.15) is 0 Å². The Morgan fingerprint density at radius 3 is 3.00 bits per heavy atom. The first kappa shape index (κ1) is 10.1. The average molecular weight is 233 g/mol. The van der Waals surface area contributed by atoms with Crippen LogP contribution in [0.2, 0.25) is 0 Å². The van der Waals surface area contributed by atoms with Gasteiger partial charge < -0.3 is 0 Å². The second-order valence-corrected chi connectivity index (χ2v) is 5.19. The molecule has 4 rings (SSSR count). The Hall–Kier alpha value is -1.89. The highest BCUT2D eigenvalue weighted by Gasteiger charge is 2.37. The first-order chi connectivity index (χ1) is 8.93. The van der Waals surface area contributed by atoms with Crippen LogP contribution in [0.3, 0.4) is 0 Å². The molecule has 18 heavy (non-hydrogen) atoms. The van der Waals surface area contributed by atoms with E-state index in [0.29, 0.717) is 11.8 Å². The van der Waals surface area contributed by atoms with Crippen molar-refractivity contribution in [3.63, 3.8) is 0 Å². The molecule has 0 N–H and O–H groups in total. The van der Waals surface area contributed by atoms with Gasteiger partial charge in [0.15, 0.2) is 0 Å². The summed E-state index contributed by atoms with van der Waals surface area (Å²) in [6, 6.07) is 8.73. The molecule has 0 saturated carbocycles. The number of aryl methyl sites for hydroxylation is 1. The topological polar surface area (TPSA) is 12.4 Å². The fourth-order valence-corrected chi connectivity index (χ4v) is 3.33. The van der Waals surface area contributed by atoms with Gasteiger partial charge in [-0.1, -0.05) is 48.6 Å². The van der Waals surface area contributed by atoms with Gasteiger partial charge in [0.25, 0.3) is 0 Å². The van der Waals surface area contributed by atoms with Crippen LogP contribution >= 0.6 is 0 Å². The van der Waals surface area contributed by atoms with Gasteiger partial charge in [0.2, 0.25) is 0 Å². The maximum absolute atomic E-state index is 4.91. The monoisotopic (exact) mass is 233 g/mol. The third-order valence-corrected chi connectivity index (χ3v) is 4.20. The molecule has 0 radical (unpaired) electrons. The van der Waals surface area contributed by atoms with Crippen molar-refractivity contribution in [3.05, 3.63) is 71.5 Å². The molecule has 1 nitrogen and oxygen atoms in total. The van der Waals surface area contributed by atoms with Crippen molar-refractivity contribution < 1.29 is 0 Å². The zero-order chi connectivity index (χ0) is 11.9. The van der Waals surface area contributed by atoms with Gasteiger partial charge in [-0.15, -0.1) is 0 Å². The van der Waals surface area contributed by atoms with Gasteiger partial charge in [0.1, 0.15) is 0 Å². The first-order valence-electron chi connectivity index (χ1n) is 6.65. The number of aliphatic imine (C=N–C) groups is 1. The predicted molar refractivity (Wildman–Crippen MR) is 74.6 cm³/mol. The zero-order valence-corrected chi connectivity index (χ0v) is 10.2. The lowest BCUT2D eigenvalue weighted by atomic mass is 9.77. The summed E-state index contributed by atoms with van der Waals surface area (Å²) in [4.78, 5) is 4.91. The Kier molecular flexibility index (Phi) is 2.13. The van der Waals surface area contributed by atoms with Crippen molar-refractivity contribution in [2.75, 3.05) is 0 Å². The molecule has 2 atom stereocenters. The molecule has 0 aromatic heterocycles. The number of hydrogen-bond acceptors (Lipinski definition) is 1. The van der Waals surface area contributed by atoms with Gasteiger partial charge in [-0.3, -0.25) is 4.99 Å². The van der Waals surface area contributed by atoms with Crippen LogP contribution in [0.4, 0.5) is 0 Å². The minimum absolute atomic E-state index is 0.489. The number of benzene rings is 1. The molecule has 1 aromatic carbocycles. The average Bonchev–Trinajstić information content (AvgIpc) is 2.61. The van der Waals surface area contributed by atoms with E-state index in [1.165, 1.54) is 35.4 Å². The molecule has 0 spiro atoms. The minimum atomic E-state index is 0.489. The summed E-state index contributed by atoms with van der Waals surface area (Å²) in [5.41, 5.74) is 5.38. The molecule has 0 fully saturated rings. The Balaban J connectivity index is 1.87. The summed E-state index contributed by atoms with van der Waals surface area (Å²) >= 11 is 0. The molecule has 0 bridgehead atoms. The third-order valence-electron chi connectivity index (χ3n) is 4.20. The Morgan fingerprint density at radius 1 is 1.06 bits per heavy atom. The SMILES string of the molecule is C1=CC=C2N=C3c4ccccc4CCC3C2C=C1. The molecule has 3 aliphatic rings. The van der Waals surface area contributed by atoms with Gasteiger partial charge in [0, 0.05) is 17.5 Å². The van der Waals surface area contributed by atoms with Crippen molar-refractivity contribution in [3.8, 4) is 0 Å². The van der Waals surface area contributed by atoms with E-state index in [9.17, 15) is 0 Å². The van der Waals surface area contributed by atoms with Crippen LogP contribution in [0.15, 0.2) is 65.3 Å². The first-order valence-corrected chi connectivity index (χ1v) is 6.65. The second-order valence-electron chi connectivity index (χ2n) is 5.19. The predicted octanol–water partition coefficient (Wildman–Crippen LogP) is 3.68. The van der Waals surface area contributed by atoms with E-state index in [1.54, 1.807) is 0 Å². The highest BCUT2D eigenvalue weighted by atomic mass is 14.8. The van der Waals surface area contributed by atoms with E-state index in [-0.39, 0.29) is 0 Å². The highest BCUT2D eigenvalue weighted by molar-refractivity contribution is 6.07. The summed E-state index contributed by atoms with van der Waals surface area (Å²) < 4.78 is 0. The smallest absolute Gasteiger partial charge is 0.0523 e. The van der Waals surface area contributed by atoms with Crippen LogP contribution < -0.4 is 0 Å². The lowest BCUT2D eigenvalue weighted by molar-refractivity contribution is 0.538. The number of fused-ring (bicyclic) bond motifs is 5. The van der Waals surface area contributed by atoms with Crippen LogP contribution in [0.25, 0.3) is 0 Å². The fraction of sp³-hybridized carbons (Fsp3) is 0.235. The molecule has 2 unspecified atom stereocenters. The van der Waals surface area contributed by atoms with E-state index < -0.39 is 0 Å². The van der Waals surface area contributed by atoms with E-state index in [2.05, 4.69) is 54.6 Å². The molecule has 1 heteroatoms. The van der Waals surface area contributed by atoms with E-state index in [1.807, 2.05) is 0 Å². The molecule has 1 aromatic rings. The summed E-state index contributed by atoms with van der Waals surface area (Å²) in [5.74, 6) is 1.07. The van der Waals surface area contributed by atoms with Crippen LogP contribution in [0.5, 0.6) is 0 Å². The summed E-state index contributed by atoms with van der Waals surface area (Å²) in [7, 11) is 0. The normalized spacial score (nSPS) is 27.8. The zero-order valence-electron chi connectivity index (χ0n) is 10.2. The van der Waals surface area contributed by atoms with Gasteiger partial charge in [0.05, 0.1) is 5.71 Å². The Morgan fingerprint density at radius 2 is 2.00 bits per heavy atom. The van der Waals surface area contributed by atoms with Crippen molar-refractivity contribution in [1.29, 1.82) is 0 Å². The van der Waals surface area contributed by atoms with Gasteiger partial charge >= 0.3 is 0 Å². The van der Waals surface area contributed by atoms with Crippen molar-refractivity contribution in [2.24, 2.45) is 16.8 Å². The molecule has 1 aliphatic heterocycles. The lowest BCUT2D eigenvalue weighted by Gasteiger charge is -2.25. The molecular weight excluding hydrogens is 218 g/mol. The van der Waals surface area contributed by atoms with Crippen LogP contribution in [-0.4, -0.2) is 5.71 Å². The number of allylic oxidation sites excluding steroid dienone is 5. The number of nitrogens with zero attached hydrogens (tertiary/aromatic N) is 1. The molecule has 88 valence electrons. The number of rotatable bonds is 0. The molecule has 0 amide bonds. The third kappa shape index (κ3) is 1.37. The van der Waals surface area contributed by atoms with Crippen molar-refractivity contribution in [1.82, 2.24) is 0 Å². The molecule has 1 heterocycles. The van der Waals surface area contributed by atoms with E-state index in [4.69, 9.17) is 4.99 Å². The lowest BCUT2D eigenvalue weighted by Crippen LogP contribution is -2.24. The maximum Gasteiger partial charge on any atom is 0.0523 e. The molecule has 2 aliphatic carbocycles. The van der Waals surface area contributed by atoms with E-state index in [0.717, 1.165) is 0 Å². The van der Waals surface area contributed by atoms with Gasteiger partial charge in [-0.05, 0) is 30.0 Å². The van der Waals surface area contributed by atoms with Crippen LogP contribution in [0, 0.1) is 11.8 Å². The van der Waals surface area contributed by atoms with Crippen molar-refractivity contribution >= 4 is 5.71 Å². The number of hydrogen-bond donors (Lipinski definition) is 0.